The van der Waals surface area contributed by atoms with Crippen LogP contribution in [0.25, 0.3) is 0 Å². The normalized spacial score (nSPS) is 24.1. The number of aliphatic carboxylic acids is 1. The molecule has 1 aliphatic heterocycles. The summed E-state index contributed by atoms with van der Waals surface area (Å²) >= 11 is 0. The van der Waals surface area contributed by atoms with Gasteiger partial charge in [0.05, 0.1) is 0 Å². The van der Waals surface area contributed by atoms with Gasteiger partial charge in [-0.1, -0.05) is 0 Å². The van der Waals surface area contributed by atoms with E-state index in [1.165, 1.54) is 11.6 Å². The van der Waals surface area contributed by atoms with E-state index in [1.807, 2.05) is 0 Å². The van der Waals surface area contributed by atoms with Gasteiger partial charge in [-0.3, -0.25) is 0 Å². The maximum atomic E-state index is 12.0. The molecule has 7 nitrogen and oxygen atoms in total. The van der Waals surface area contributed by atoms with Crippen LogP contribution in [0.2, 0.25) is 0 Å². The van der Waals surface area contributed by atoms with Crippen molar-refractivity contribution in [3.8, 4) is 0 Å². The van der Waals surface area contributed by atoms with Crippen molar-refractivity contribution in [3.63, 3.8) is 0 Å². The molecular formula is C8H10B2N4O3. The summed E-state index contributed by atoms with van der Waals surface area (Å²) in [6.07, 6.45) is 1.73. The second kappa shape index (κ2) is 4.60. The van der Waals surface area contributed by atoms with Crippen molar-refractivity contribution in [2.45, 2.75) is 19.0 Å². The fourth-order valence-corrected chi connectivity index (χ4v) is 1.84. The van der Waals surface area contributed by atoms with Crippen molar-refractivity contribution in [2.75, 3.05) is 0 Å². The summed E-state index contributed by atoms with van der Waals surface area (Å²) in [7, 11) is 1.69. The number of rotatable bonds is 2. The molecule has 0 aromatic carbocycles. The monoisotopic (exact) mass is 232 g/mol. The molecular weight excluding hydrogens is 222 g/mol. The maximum absolute atomic E-state index is 12.0. The standard InChI is InChI=1S/C8H10B2N4O3/c9-10-11-6-3-14-2-4(12-13-14)1-5(7(6)15)8(16)17/h2,5-6H,1,3,9H2,(H,16,17). The number of nitrogens with zero attached hydrogens (tertiary/aromatic N) is 4. The number of carbonyl (C=O) groups excluding carboxylic acids is 1. The fraction of sp³-hybridized carbons (Fsp3) is 0.500. The van der Waals surface area contributed by atoms with Crippen LogP contribution in [0.5, 0.6) is 0 Å². The summed E-state index contributed by atoms with van der Waals surface area (Å²) in [6, 6.07) is -0.698. The molecule has 86 valence electrons. The van der Waals surface area contributed by atoms with Crippen molar-refractivity contribution in [1.82, 2.24) is 15.0 Å². The van der Waals surface area contributed by atoms with Gasteiger partial charge in [-0.05, 0) is 0 Å². The quantitative estimate of drug-likeness (QED) is 0.465. The Morgan fingerprint density at radius 3 is 3.12 bits per heavy atom. The zero-order valence-electron chi connectivity index (χ0n) is 9.28. The Morgan fingerprint density at radius 2 is 2.47 bits per heavy atom. The predicted molar refractivity (Wildman–Crippen MR) is 60.4 cm³/mol. The first-order chi connectivity index (χ1) is 8.11. The van der Waals surface area contributed by atoms with E-state index in [2.05, 4.69) is 15.2 Å². The zero-order chi connectivity index (χ0) is 12.4. The van der Waals surface area contributed by atoms with E-state index < -0.39 is 23.7 Å². The molecule has 0 saturated heterocycles. The summed E-state index contributed by atoms with van der Waals surface area (Å²) in [5.41, 5.74) is 0.518. The van der Waals surface area contributed by atoms with Crippen LogP contribution in [-0.4, -0.2) is 52.6 Å². The second-order valence-electron chi connectivity index (χ2n) is 3.85. The van der Waals surface area contributed by atoms with E-state index in [0.717, 1.165) is 0 Å². The Labute approximate surface area is 98.5 Å². The Balaban J connectivity index is 2.38. The van der Waals surface area contributed by atoms with Crippen LogP contribution in [0.1, 0.15) is 5.69 Å². The van der Waals surface area contributed by atoms with Gasteiger partial charge in [0.25, 0.3) is 0 Å². The summed E-state index contributed by atoms with van der Waals surface area (Å²) in [5, 5.41) is 16.7. The molecule has 1 N–H and O–H groups in total. The molecule has 0 spiro atoms. The number of carboxylic acid groups (broad SMARTS) is 1. The topological polar surface area (TPSA) is 97.4 Å². The molecule has 1 aromatic heterocycles. The third-order valence-electron chi connectivity index (χ3n) is 2.66. The number of fused-ring (bicyclic) bond motifs is 2. The van der Waals surface area contributed by atoms with E-state index in [0.29, 0.717) is 5.69 Å². The van der Waals surface area contributed by atoms with Crippen molar-refractivity contribution in [1.29, 1.82) is 0 Å². The Bertz CT molecular complexity index is 487. The molecule has 9 heteroatoms. The van der Waals surface area contributed by atoms with Crippen molar-refractivity contribution >= 4 is 26.5 Å². The van der Waals surface area contributed by atoms with Crippen LogP contribution in [0, 0.1) is 5.92 Å². The van der Waals surface area contributed by atoms with Gasteiger partial charge in [0.1, 0.15) is 0 Å². The van der Waals surface area contributed by atoms with Gasteiger partial charge in [0.15, 0.2) is 0 Å². The van der Waals surface area contributed by atoms with Crippen LogP contribution in [0.15, 0.2) is 11.1 Å². The van der Waals surface area contributed by atoms with E-state index in [9.17, 15) is 9.59 Å². The van der Waals surface area contributed by atoms with Crippen LogP contribution in [0.4, 0.5) is 0 Å². The molecule has 0 amide bonds. The number of ketones is 1. The number of hydrogen-bond acceptors (Lipinski definition) is 5. The Morgan fingerprint density at radius 1 is 1.71 bits per heavy atom. The van der Waals surface area contributed by atoms with E-state index in [4.69, 9.17) is 5.11 Å². The zero-order valence-corrected chi connectivity index (χ0v) is 9.28. The molecule has 1 aliphatic rings. The average molecular weight is 232 g/mol. The SMILES string of the molecule is B/B=N/C1Cn2cc(nn2)CC(C(=O)O)C1=O. The molecule has 0 aliphatic carbocycles. The fourth-order valence-electron chi connectivity index (χ4n) is 1.84. The average Bonchev–Trinajstić information content (AvgIpc) is 2.71. The molecule has 0 radical (unpaired) electrons. The Hall–Kier alpha value is -1.79. The van der Waals surface area contributed by atoms with Crippen LogP contribution < -0.4 is 0 Å². The number of carboxylic acids is 1. The molecule has 1 aromatic rings. The summed E-state index contributed by atoms with van der Waals surface area (Å²) < 4.78 is 1.52. The van der Waals surface area contributed by atoms with Gasteiger partial charge in [0.2, 0.25) is 0 Å². The molecule has 0 fully saturated rings. The van der Waals surface area contributed by atoms with E-state index >= 15 is 0 Å². The van der Waals surface area contributed by atoms with Crippen molar-refractivity contribution < 1.29 is 14.7 Å². The summed E-state index contributed by atoms with van der Waals surface area (Å²) in [5.74, 6) is -2.62. The van der Waals surface area contributed by atoms with Gasteiger partial charge in [-0.2, -0.15) is 0 Å². The minimum absolute atomic E-state index is 0.0733. The van der Waals surface area contributed by atoms with Crippen LogP contribution in [-0.2, 0) is 22.6 Å². The third-order valence-corrected chi connectivity index (χ3v) is 2.66. The molecule has 2 atom stereocenters. The van der Waals surface area contributed by atoms with Gasteiger partial charge in [-0.25, -0.2) is 0 Å². The first-order valence-corrected chi connectivity index (χ1v) is 5.25. The van der Waals surface area contributed by atoms with Crippen LogP contribution >= 0.6 is 0 Å². The molecule has 0 saturated carbocycles. The van der Waals surface area contributed by atoms with Gasteiger partial charge in [0, 0.05) is 0 Å². The molecule has 2 rings (SSSR count). The molecule has 17 heavy (non-hydrogen) atoms. The van der Waals surface area contributed by atoms with Gasteiger partial charge < -0.3 is 0 Å². The number of Topliss-reactive ketones (excluding diaryl/α,β-unsaturated/α-hetero) is 1. The van der Waals surface area contributed by atoms with Crippen molar-refractivity contribution in [3.05, 3.63) is 11.9 Å². The van der Waals surface area contributed by atoms with E-state index in [1.54, 1.807) is 13.9 Å². The first-order valence-electron chi connectivity index (χ1n) is 5.25. The molecule has 2 unspecified atom stereocenters. The second-order valence-corrected chi connectivity index (χ2v) is 3.85. The predicted octanol–water partition coefficient (Wildman–Crippen LogP) is -2.09. The first kappa shape index (κ1) is 11.7. The van der Waals surface area contributed by atoms with Gasteiger partial charge in [-0.15, -0.1) is 0 Å². The molecule has 2 bridgehead atoms. The number of aromatic nitrogens is 3. The Kier molecular flexibility index (Phi) is 3.16. The van der Waals surface area contributed by atoms with Crippen molar-refractivity contribution in [2.24, 2.45) is 10.8 Å². The summed E-state index contributed by atoms with van der Waals surface area (Å²) in [4.78, 5) is 27.1. The van der Waals surface area contributed by atoms with Gasteiger partial charge >= 0.3 is 97.9 Å². The molecule has 2 heterocycles. The summed E-state index contributed by atoms with van der Waals surface area (Å²) in [6.45, 7) is 1.74. The van der Waals surface area contributed by atoms with Crippen LogP contribution in [0.3, 0.4) is 0 Å². The minimum atomic E-state index is -1.14. The number of hydrogen-bond donors (Lipinski definition) is 1. The van der Waals surface area contributed by atoms with E-state index in [-0.39, 0.29) is 13.0 Å². The number of carbonyl (C=O) groups is 2. The third kappa shape index (κ3) is 2.32.